The van der Waals surface area contributed by atoms with Crippen LogP contribution in [-0.4, -0.2) is 42.0 Å². The van der Waals surface area contributed by atoms with Crippen LogP contribution in [-0.2, 0) is 0 Å². The van der Waals surface area contributed by atoms with Crippen LogP contribution in [0.5, 0.6) is 0 Å². The first-order valence-electron chi connectivity index (χ1n) is 6.14. The number of halogens is 1. The number of amides is 1. The van der Waals surface area contributed by atoms with Crippen LogP contribution >= 0.6 is 15.9 Å². The zero-order valence-electron chi connectivity index (χ0n) is 11.1. The minimum absolute atomic E-state index is 0.125. The van der Waals surface area contributed by atoms with Gasteiger partial charge in [0.2, 0.25) is 0 Å². The van der Waals surface area contributed by atoms with Gasteiger partial charge in [0.25, 0.3) is 5.91 Å². The summed E-state index contributed by atoms with van der Waals surface area (Å²) in [5.74, 6) is -0.125. The number of pyridine rings is 1. The van der Waals surface area contributed by atoms with Crippen LogP contribution in [0.4, 0.5) is 0 Å². The monoisotopic (exact) mass is 313 g/mol. The Morgan fingerprint density at radius 3 is 2.83 bits per heavy atom. The molecule has 100 valence electrons. The summed E-state index contributed by atoms with van der Waals surface area (Å²) in [6.07, 6.45) is 2.74. The van der Waals surface area contributed by atoms with Crippen molar-refractivity contribution in [1.29, 1.82) is 0 Å². The highest BCUT2D eigenvalue weighted by atomic mass is 79.9. The van der Waals surface area contributed by atoms with Gasteiger partial charge in [-0.1, -0.05) is 6.92 Å². The van der Waals surface area contributed by atoms with E-state index in [2.05, 4.69) is 52.0 Å². The topological polar surface area (TPSA) is 45.2 Å². The third-order valence-corrected chi connectivity index (χ3v) is 3.52. The van der Waals surface area contributed by atoms with Gasteiger partial charge in [0.15, 0.2) is 0 Å². The Bertz CT molecular complexity index is 380. The molecule has 4 nitrogen and oxygen atoms in total. The average Bonchev–Trinajstić information content (AvgIpc) is 2.38. The molecular formula is C13H20BrN3O. The van der Waals surface area contributed by atoms with Crippen molar-refractivity contribution in [2.24, 2.45) is 0 Å². The van der Waals surface area contributed by atoms with Crippen molar-refractivity contribution in [3.63, 3.8) is 0 Å². The Morgan fingerprint density at radius 1 is 1.56 bits per heavy atom. The normalized spacial score (nSPS) is 12.5. The maximum Gasteiger partial charge on any atom is 0.269 e. The maximum atomic E-state index is 11.8. The molecule has 0 aliphatic carbocycles. The van der Waals surface area contributed by atoms with Gasteiger partial charge in [0.1, 0.15) is 5.69 Å². The summed E-state index contributed by atoms with van der Waals surface area (Å²) in [4.78, 5) is 18.1. The van der Waals surface area contributed by atoms with Gasteiger partial charge in [0, 0.05) is 29.8 Å². The van der Waals surface area contributed by atoms with Crippen LogP contribution in [0.15, 0.2) is 22.8 Å². The van der Waals surface area contributed by atoms with Gasteiger partial charge in [-0.3, -0.25) is 4.79 Å². The van der Waals surface area contributed by atoms with E-state index in [1.165, 1.54) is 0 Å². The van der Waals surface area contributed by atoms with Crippen LogP contribution < -0.4 is 5.32 Å². The molecule has 0 aliphatic heterocycles. The van der Waals surface area contributed by atoms with Gasteiger partial charge >= 0.3 is 0 Å². The molecule has 0 aromatic carbocycles. The Kier molecular flexibility index (Phi) is 6.29. The number of hydrogen-bond donors (Lipinski definition) is 1. The molecule has 1 aromatic rings. The number of nitrogens with one attached hydrogen (secondary N) is 1. The summed E-state index contributed by atoms with van der Waals surface area (Å²) in [5, 5.41) is 2.87. The van der Waals surface area contributed by atoms with E-state index in [-0.39, 0.29) is 5.91 Å². The second kappa shape index (κ2) is 7.48. The van der Waals surface area contributed by atoms with Gasteiger partial charge in [-0.25, -0.2) is 4.98 Å². The first-order chi connectivity index (χ1) is 8.54. The van der Waals surface area contributed by atoms with Crippen LogP contribution in [0.1, 0.15) is 30.8 Å². The van der Waals surface area contributed by atoms with E-state index >= 15 is 0 Å². The lowest BCUT2D eigenvalue weighted by molar-refractivity contribution is 0.0942. The largest absolute Gasteiger partial charge is 0.349 e. The van der Waals surface area contributed by atoms with E-state index in [9.17, 15) is 4.79 Å². The highest BCUT2D eigenvalue weighted by molar-refractivity contribution is 9.10. The number of nitrogens with zero attached hydrogens (tertiary/aromatic N) is 2. The molecule has 1 unspecified atom stereocenters. The van der Waals surface area contributed by atoms with Crippen LogP contribution in [0, 0.1) is 0 Å². The van der Waals surface area contributed by atoms with E-state index in [4.69, 9.17) is 0 Å². The summed E-state index contributed by atoms with van der Waals surface area (Å²) in [7, 11) is 2.07. The fraction of sp³-hybridized carbons (Fsp3) is 0.538. The summed E-state index contributed by atoms with van der Waals surface area (Å²) >= 11 is 3.29. The molecule has 0 saturated heterocycles. The summed E-state index contributed by atoms with van der Waals surface area (Å²) in [6.45, 7) is 5.82. The lowest BCUT2D eigenvalue weighted by atomic mass is 10.2. The molecule has 0 fully saturated rings. The zero-order valence-corrected chi connectivity index (χ0v) is 12.7. The number of carbonyl (C=O) groups excluding carboxylic acids is 1. The molecule has 1 amide bonds. The minimum atomic E-state index is -0.125. The Balaban J connectivity index is 2.35. The second-order valence-corrected chi connectivity index (χ2v) is 5.27. The Labute approximate surface area is 117 Å². The van der Waals surface area contributed by atoms with Gasteiger partial charge < -0.3 is 10.2 Å². The van der Waals surface area contributed by atoms with Crippen LogP contribution in [0.25, 0.3) is 0 Å². The SMILES string of the molecule is CCC(C)N(C)CCNC(=O)c1ccc(Br)cn1. The summed E-state index contributed by atoms with van der Waals surface area (Å²) in [6, 6.07) is 4.05. The lowest BCUT2D eigenvalue weighted by Gasteiger charge is -2.23. The number of likely N-dealkylation sites (N-methyl/N-ethyl adjacent to an activating group) is 1. The summed E-state index contributed by atoms with van der Waals surface area (Å²) < 4.78 is 0.871. The van der Waals surface area contributed by atoms with Crippen LogP contribution in [0.3, 0.4) is 0 Å². The third kappa shape index (κ3) is 4.74. The van der Waals surface area contributed by atoms with Crippen molar-refractivity contribution < 1.29 is 4.79 Å². The summed E-state index contributed by atoms with van der Waals surface area (Å²) in [5.41, 5.74) is 0.449. The Morgan fingerprint density at radius 2 is 2.28 bits per heavy atom. The molecule has 0 bridgehead atoms. The van der Waals surface area contributed by atoms with Crippen molar-refractivity contribution in [2.45, 2.75) is 26.3 Å². The van der Waals surface area contributed by atoms with Gasteiger partial charge in [-0.15, -0.1) is 0 Å². The van der Waals surface area contributed by atoms with Crippen molar-refractivity contribution in [1.82, 2.24) is 15.2 Å². The van der Waals surface area contributed by atoms with Crippen molar-refractivity contribution in [3.8, 4) is 0 Å². The number of carbonyl (C=O) groups is 1. The molecule has 1 atom stereocenters. The van der Waals surface area contributed by atoms with Gasteiger partial charge in [0.05, 0.1) is 0 Å². The molecule has 1 rings (SSSR count). The van der Waals surface area contributed by atoms with Crippen LogP contribution in [0.2, 0.25) is 0 Å². The Hall–Kier alpha value is -0.940. The van der Waals surface area contributed by atoms with Crippen molar-refractivity contribution >= 4 is 21.8 Å². The fourth-order valence-corrected chi connectivity index (χ4v) is 1.71. The van der Waals surface area contributed by atoms with E-state index in [0.717, 1.165) is 17.4 Å². The lowest BCUT2D eigenvalue weighted by Crippen LogP contribution is -2.37. The zero-order chi connectivity index (χ0) is 13.5. The minimum Gasteiger partial charge on any atom is -0.349 e. The van der Waals surface area contributed by atoms with E-state index in [0.29, 0.717) is 18.3 Å². The smallest absolute Gasteiger partial charge is 0.269 e. The highest BCUT2D eigenvalue weighted by Crippen LogP contribution is 2.07. The maximum absolute atomic E-state index is 11.8. The number of hydrogen-bond acceptors (Lipinski definition) is 3. The first kappa shape index (κ1) is 15.1. The standard InChI is InChI=1S/C13H20BrN3O/c1-4-10(2)17(3)8-7-15-13(18)12-6-5-11(14)9-16-12/h5-6,9-10H,4,7-8H2,1-3H3,(H,15,18). The van der Waals surface area contributed by atoms with E-state index in [1.54, 1.807) is 12.3 Å². The predicted octanol–water partition coefficient (Wildman–Crippen LogP) is 2.30. The molecular weight excluding hydrogens is 294 g/mol. The molecule has 0 aliphatic rings. The molecule has 1 heterocycles. The molecule has 1 N–H and O–H groups in total. The predicted molar refractivity (Wildman–Crippen MR) is 76.7 cm³/mol. The highest BCUT2D eigenvalue weighted by Gasteiger charge is 2.09. The average molecular weight is 314 g/mol. The fourth-order valence-electron chi connectivity index (χ4n) is 1.48. The molecule has 5 heteroatoms. The molecule has 0 radical (unpaired) electrons. The molecule has 1 aromatic heterocycles. The first-order valence-corrected chi connectivity index (χ1v) is 6.94. The van der Waals surface area contributed by atoms with Gasteiger partial charge in [-0.05, 0) is 48.5 Å². The van der Waals surface area contributed by atoms with Gasteiger partial charge in [-0.2, -0.15) is 0 Å². The second-order valence-electron chi connectivity index (χ2n) is 4.36. The quantitative estimate of drug-likeness (QED) is 0.876. The van der Waals surface area contributed by atoms with E-state index < -0.39 is 0 Å². The molecule has 0 saturated carbocycles. The number of aromatic nitrogens is 1. The van der Waals surface area contributed by atoms with Crippen molar-refractivity contribution in [3.05, 3.63) is 28.5 Å². The van der Waals surface area contributed by atoms with E-state index in [1.807, 2.05) is 6.07 Å². The number of rotatable bonds is 6. The molecule has 0 spiro atoms. The third-order valence-electron chi connectivity index (χ3n) is 3.05. The van der Waals surface area contributed by atoms with Crippen molar-refractivity contribution in [2.75, 3.05) is 20.1 Å². The molecule has 18 heavy (non-hydrogen) atoms.